The van der Waals surface area contributed by atoms with Gasteiger partial charge in [-0.2, -0.15) is 0 Å². The second-order valence-corrected chi connectivity index (χ2v) is 4.56. The van der Waals surface area contributed by atoms with Crippen molar-refractivity contribution in [1.82, 2.24) is 0 Å². The largest absolute Gasteiger partial charge is 0.0738 e. The summed E-state index contributed by atoms with van der Waals surface area (Å²) in [6.07, 6.45) is 2.39. The number of hydrogen-bond acceptors (Lipinski definition) is 0. The zero-order valence-electron chi connectivity index (χ0n) is 8.65. The molecule has 0 amide bonds. The van der Waals surface area contributed by atoms with Crippen LogP contribution in [0, 0.1) is 11.8 Å². The van der Waals surface area contributed by atoms with Crippen molar-refractivity contribution in [3.8, 4) is 0 Å². The van der Waals surface area contributed by atoms with Crippen molar-refractivity contribution < 1.29 is 0 Å². The van der Waals surface area contributed by atoms with Gasteiger partial charge in [-0.25, -0.2) is 0 Å². The van der Waals surface area contributed by atoms with Crippen LogP contribution in [0.15, 0.2) is 0 Å². The fourth-order valence-electron chi connectivity index (χ4n) is 1.43. The highest BCUT2D eigenvalue weighted by Gasteiger charge is 2.18. The van der Waals surface area contributed by atoms with Crippen LogP contribution in [0.5, 0.6) is 0 Å². The van der Waals surface area contributed by atoms with Crippen LogP contribution in [0.25, 0.3) is 0 Å². The summed E-state index contributed by atoms with van der Waals surface area (Å²) in [5, 5.41) is 0.00282. The monoisotopic (exact) mass is 152 g/mol. The zero-order valence-corrected chi connectivity index (χ0v) is 8.65. The third kappa shape index (κ3) is 5.35. The summed E-state index contributed by atoms with van der Waals surface area (Å²) in [5.74, 6) is 1.55. The third-order valence-electron chi connectivity index (χ3n) is 2.46. The molecule has 0 saturated heterocycles. The van der Waals surface area contributed by atoms with Gasteiger partial charge in [-0.15, -0.1) is 0 Å². The van der Waals surface area contributed by atoms with Gasteiger partial charge in [0, 0.05) is 0 Å². The lowest BCUT2D eigenvalue weighted by molar-refractivity contribution is 0.324. The molecule has 0 fully saturated rings. The Bertz CT molecular complexity index is 102. The highest BCUT2D eigenvalue weighted by Crippen LogP contribution is 2.32. The van der Waals surface area contributed by atoms with Crippen LogP contribution in [0.2, 0.25) is 5.31 Å². The quantitative estimate of drug-likeness (QED) is 0.541. The summed E-state index contributed by atoms with van der Waals surface area (Å²) in [4.78, 5) is 0. The first-order valence-corrected chi connectivity index (χ1v) is 4.65. The Kier molecular flexibility index (Phi) is 4.21. The van der Waals surface area contributed by atoms with E-state index >= 15 is 0 Å². The summed E-state index contributed by atoms with van der Waals surface area (Å²) < 4.78 is 0. The minimum atomic E-state index is 0.00282. The minimum Gasteiger partial charge on any atom is -0.0714 e. The van der Waals surface area contributed by atoms with Crippen molar-refractivity contribution in [2.75, 3.05) is 0 Å². The van der Waals surface area contributed by atoms with Crippen molar-refractivity contribution in [2.45, 2.75) is 52.8 Å². The predicted octanol–water partition coefficient (Wildman–Crippen LogP) is 3.43. The molecular formula is C10H21B. The van der Waals surface area contributed by atoms with Gasteiger partial charge in [0.1, 0.15) is 0 Å². The Morgan fingerprint density at radius 3 is 1.91 bits per heavy atom. The van der Waals surface area contributed by atoms with Gasteiger partial charge in [-0.3, -0.25) is 0 Å². The normalized spacial score (nSPS) is 17.9. The molecule has 0 saturated carbocycles. The zero-order chi connectivity index (χ0) is 9.07. The van der Waals surface area contributed by atoms with E-state index in [-0.39, 0.29) is 5.31 Å². The molecule has 0 nitrogen and oxygen atoms in total. The first-order valence-electron chi connectivity index (χ1n) is 4.65. The molecule has 0 aromatic carbocycles. The van der Waals surface area contributed by atoms with E-state index in [9.17, 15) is 0 Å². The van der Waals surface area contributed by atoms with Crippen LogP contribution >= 0.6 is 0 Å². The summed E-state index contributed by atoms with van der Waals surface area (Å²) in [5.41, 5.74) is 0. The van der Waals surface area contributed by atoms with E-state index in [4.69, 9.17) is 7.85 Å². The van der Waals surface area contributed by atoms with E-state index in [1.165, 1.54) is 6.42 Å². The minimum absolute atomic E-state index is 0.00282. The fraction of sp³-hybridized carbons (Fsp3) is 1.00. The summed E-state index contributed by atoms with van der Waals surface area (Å²) in [7, 11) is 5.93. The van der Waals surface area contributed by atoms with Gasteiger partial charge in [0.05, 0.1) is 7.85 Å². The standard InChI is InChI=1S/C10H21B/c1-6-8(2)9(3)7-10(4,5)11/h8-9H,6-7H2,1-5H3. The second kappa shape index (κ2) is 4.18. The molecule has 2 unspecified atom stereocenters. The summed E-state index contributed by atoms with van der Waals surface area (Å²) >= 11 is 0. The Morgan fingerprint density at radius 1 is 1.18 bits per heavy atom. The lowest BCUT2D eigenvalue weighted by atomic mass is 9.65. The predicted molar refractivity (Wildman–Crippen MR) is 53.0 cm³/mol. The first kappa shape index (κ1) is 11.1. The first-order chi connectivity index (χ1) is 4.87. The van der Waals surface area contributed by atoms with Crippen LogP contribution in [0.3, 0.4) is 0 Å². The third-order valence-corrected chi connectivity index (χ3v) is 2.46. The maximum atomic E-state index is 5.93. The SMILES string of the molecule is [B]C(C)(C)CC(C)C(C)CC. The Morgan fingerprint density at radius 2 is 1.64 bits per heavy atom. The summed E-state index contributed by atoms with van der Waals surface area (Å²) in [6, 6.07) is 0. The van der Waals surface area contributed by atoms with Gasteiger partial charge in [0.2, 0.25) is 0 Å². The molecule has 0 bridgehead atoms. The van der Waals surface area contributed by atoms with Crippen LogP contribution < -0.4 is 0 Å². The molecule has 0 N–H and O–H groups in total. The maximum absolute atomic E-state index is 5.93. The molecule has 0 aliphatic carbocycles. The number of hydrogen-bond donors (Lipinski definition) is 0. The van der Waals surface area contributed by atoms with Gasteiger partial charge in [0.25, 0.3) is 0 Å². The second-order valence-electron chi connectivity index (χ2n) is 4.56. The van der Waals surface area contributed by atoms with Gasteiger partial charge >= 0.3 is 0 Å². The molecule has 2 radical (unpaired) electrons. The van der Waals surface area contributed by atoms with Crippen molar-refractivity contribution in [3.63, 3.8) is 0 Å². The lowest BCUT2D eigenvalue weighted by Crippen LogP contribution is -2.14. The van der Waals surface area contributed by atoms with E-state index in [1.807, 2.05) is 0 Å². The van der Waals surface area contributed by atoms with E-state index < -0.39 is 0 Å². The van der Waals surface area contributed by atoms with Gasteiger partial charge in [0.15, 0.2) is 0 Å². The van der Waals surface area contributed by atoms with Crippen LogP contribution in [-0.2, 0) is 0 Å². The summed E-state index contributed by atoms with van der Waals surface area (Å²) in [6.45, 7) is 11.0. The highest BCUT2D eigenvalue weighted by atomic mass is 14.2. The van der Waals surface area contributed by atoms with Crippen molar-refractivity contribution in [3.05, 3.63) is 0 Å². The highest BCUT2D eigenvalue weighted by molar-refractivity contribution is 6.14. The Balaban J connectivity index is 3.77. The molecule has 2 atom stereocenters. The lowest BCUT2D eigenvalue weighted by Gasteiger charge is -2.27. The molecule has 11 heavy (non-hydrogen) atoms. The van der Waals surface area contributed by atoms with Crippen molar-refractivity contribution >= 4 is 7.85 Å². The van der Waals surface area contributed by atoms with E-state index in [0.717, 1.165) is 18.3 Å². The molecule has 0 aromatic heterocycles. The molecule has 0 aromatic rings. The Hall–Kier alpha value is 0.0649. The molecule has 64 valence electrons. The van der Waals surface area contributed by atoms with Crippen molar-refractivity contribution in [1.29, 1.82) is 0 Å². The molecule has 0 aliphatic heterocycles. The molecular weight excluding hydrogens is 131 g/mol. The topological polar surface area (TPSA) is 0 Å². The average Bonchev–Trinajstić information content (AvgIpc) is 1.82. The smallest absolute Gasteiger partial charge is 0.0714 e. The van der Waals surface area contributed by atoms with Crippen LogP contribution in [0.4, 0.5) is 0 Å². The Labute approximate surface area is 73.2 Å². The van der Waals surface area contributed by atoms with Crippen LogP contribution in [0.1, 0.15) is 47.5 Å². The molecule has 0 heterocycles. The van der Waals surface area contributed by atoms with Crippen LogP contribution in [-0.4, -0.2) is 7.85 Å². The van der Waals surface area contributed by atoms with Gasteiger partial charge < -0.3 is 0 Å². The van der Waals surface area contributed by atoms with E-state index in [2.05, 4.69) is 34.6 Å². The van der Waals surface area contributed by atoms with Gasteiger partial charge in [-0.1, -0.05) is 52.8 Å². The van der Waals surface area contributed by atoms with E-state index in [0.29, 0.717) is 0 Å². The van der Waals surface area contributed by atoms with Crippen molar-refractivity contribution in [2.24, 2.45) is 11.8 Å². The van der Waals surface area contributed by atoms with E-state index in [1.54, 1.807) is 0 Å². The average molecular weight is 152 g/mol. The molecule has 0 aliphatic rings. The molecule has 0 rings (SSSR count). The maximum Gasteiger partial charge on any atom is 0.0738 e. The number of rotatable bonds is 4. The molecule has 0 spiro atoms. The fourth-order valence-corrected chi connectivity index (χ4v) is 1.43. The molecule has 1 heteroatoms. The van der Waals surface area contributed by atoms with Gasteiger partial charge in [-0.05, 0) is 11.8 Å².